The second-order valence-corrected chi connectivity index (χ2v) is 3.74. The molecule has 2 aromatic heterocycles. The van der Waals surface area contributed by atoms with Gasteiger partial charge in [-0.3, -0.25) is 0 Å². The standard InChI is InChI=1S/C13H13FN4O/c1-8(9-3-6-12(16-2)17-7-9)19-13-10(15)4-5-11(14)18-13/h3-7H,1,15H2,2H3,(H,16,17). The van der Waals surface area contributed by atoms with Crippen LogP contribution in [0.2, 0.25) is 0 Å². The zero-order chi connectivity index (χ0) is 13.8. The number of ether oxygens (including phenoxy) is 1. The Hall–Kier alpha value is -2.63. The van der Waals surface area contributed by atoms with Gasteiger partial charge in [0.25, 0.3) is 0 Å². The molecule has 0 bridgehead atoms. The normalized spacial score (nSPS) is 10.0. The first kappa shape index (κ1) is 12.8. The second-order valence-electron chi connectivity index (χ2n) is 3.74. The van der Waals surface area contributed by atoms with E-state index in [9.17, 15) is 4.39 Å². The van der Waals surface area contributed by atoms with Gasteiger partial charge < -0.3 is 15.8 Å². The summed E-state index contributed by atoms with van der Waals surface area (Å²) < 4.78 is 18.4. The minimum Gasteiger partial charge on any atom is -0.437 e. The van der Waals surface area contributed by atoms with E-state index in [0.29, 0.717) is 11.3 Å². The number of anilines is 2. The molecule has 0 spiro atoms. The van der Waals surface area contributed by atoms with Crippen molar-refractivity contribution in [3.8, 4) is 5.88 Å². The molecule has 0 aliphatic heterocycles. The summed E-state index contributed by atoms with van der Waals surface area (Å²) >= 11 is 0. The van der Waals surface area contributed by atoms with Crippen LogP contribution in [0.4, 0.5) is 15.9 Å². The summed E-state index contributed by atoms with van der Waals surface area (Å²) in [5.74, 6) is 0.336. The molecule has 0 saturated carbocycles. The van der Waals surface area contributed by atoms with Crippen LogP contribution < -0.4 is 15.8 Å². The van der Waals surface area contributed by atoms with Crippen LogP contribution in [0.3, 0.4) is 0 Å². The van der Waals surface area contributed by atoms with Crippen molar-refractivity contribution in [3.05, 3.63) is 48.6 Å². The van der Waals surface area contributed by atoms with E-state index in [1.807, 2.05) is 0 Å². The van der Waals surface area contributed by atoms with Crippen molar-refractivity contribution < 1.29 is 9.13 Å². The van der Waals surface area contributed by atoms with Crippen LogP contribution in [0.5, 0.6) is 5.88 Å². The molecule has 0 radical (unpaired) electrons. The summed E-state index contributed by atoms with van der Waals surface area (Å²) in [4.78, 5) is 7.69. The molecular formula is C13H13FN4O. The zero-order valence-electron chi connectivity index (χ0n) is 10.4. The molecule has 19 heavy (non-hydrogen) atoms. The lowest BCUT2D eigenvalue weighted by atomic mass is 10.2. The maximum Gasteiger partial charge on any atom is 0.245 e. The van der Waals surface area contributed by atoms with Crippen LogP contribution in [-0.4, -0.2) is 17.0 Å². The molecule has 0 aliphatic carbocycles. The Morgan fingerprint density at radius 1 is 1.37 bits per heavy atom. The summed E-state index contributed by atoms with van der Waals surface area (Å²) in [6, 6.07) is 6.09. The SMILES string of the molecule is C=C(Oc1nc(F)ccc1N)c1ccc(NC)nc1. The lowest BCUT2D eigenvalue weighted by molar-refractivity contribution is 0.474. The molecule has 0 amide bonds. The smallest absolute Gasteiger partial charge is 0.245 e. The Morgan fingerprint density at radius 2 is 2.16 bits per heavy atom. The van der Waals surface area contributed by atoms with E-state index in [2.05, 4.69) is 21.9 Å². The Balaban J connectivity index is 2.18. The average molecular weight is 260 g/mol. The first-order valence-corrected chi connectivity index (χ1v) is 5.53. The van der Waals surface area contributed by atoms with Gasteiger partial charge in [-0.2, -0.15) is 9.37 Å². The highest BCUT2D eigenvalue weighted by Gasteiger charge is 2.08. The number of nitrogens with zero attached hydrogens (tertiary/aromatic N) is 2. The minimum atomic E-state index is -0.666. The van der Waals surface area contributed by atoms with E-state index in [-0.39, 0.29) is 11.6 Å². The topological polar surface area (TPSA) is 73.1 Å². The number of hydrogen-bond donors (Lipinski definition) is 2. The quantitative estimate of drug-likeness (QED) is 0.651. The van der Waals surface area contributed by atoms with Crippen molar-refractivity contribution in [2.45, 2.75) is 0 Å². The molecule has 2 rings (SSSR count). The zero-order valence-corrected chi connectivity index (χ0v) is 10.4. The summed E-state index contributed by atoms with van der Waals surface area (Å²) in [7, 11) is 1.77. The molecular weight excluding hydrogens is 247 g/mol. The number of aromatic nitrogens is 2. The number of nitrogen functional groups attached to an aromatic ring is 1. The van der Waals surface area contributed by atoms with Crippen LogP contribution in [0, 0.1) is 5.95 Å². The monoisotopic (exact) mass is 260 g/mol. The Labute approximate surface area is 110 Å². The van der Waals surface area contributed by atoms with Crippen LogP contribution in [-0.2, 0) is 0 Å². The summed E-state index contributed by atoms with van der Waals surface area (Å²) in [5, 5.41) is 2.90. The molecule has 2 aromatic rings. The predicted molar refractivity (Wildman–Crippen MR) is 72.1 cm³/mol. The molecule has 6 heteroatoms. The third-order valence-corrected chi connectivity index (χ3v) is 2.42. The van der Waals surface area contributed by atoms with Crippen LogP contribution in [0.15, 0.2) is 37.0 Å². The summed E-state index contributed by atoms with van der Waals surface area (Å²) in [6.45, 7) is 3.75. The predicted octanol–water partition coefficient (Wildman–Crippen LogP) is 2.29. The maximum absolute atomic E-state index is 13.0. The fraction of sp³-hybridized carbons (Fsp3) is 0.0769. The van der Waals surface area contributed by atoms with Crippen LogP contribution in [0.25, 0.3) is 5.76 Å². The third-order valence-electron chi connectivity index (χ3n) is 2.42. The maximum atomic E-state index is 13.0. The van der Waals surface area contributed by atoms with Gasteiger partial charge in [-0.05, 0) is 24.3 Å². The largest absolute Gasteiger partial charge is 0.437 e. The second kappa shape index (κ2) is 5.34. The van der Waals surface area contributed by atoms with E-state index in [0.717, 1.165) is 11.9 Å². The van der Waals surface area contributed by atoms with Gasteiger partial charge in [0.1, 0.15) is 11.6 Å². The van der Waals surface area contributed by atoms with Crippen molar-refractivity contribution in [1.29, 1.82) is 0 Å². The highest BCUT2D eigenvalue weighted by atomic mass is 19.1. The Bertz CT molecular complexity index is 598. The van der Waals surface area contributed by atoms with Gasteiger partial charge in [-0.25, -0.2) is 4.98 Å². The van der Waals surface area contributed by atoms with Crippen LogP contribution in [0.1, 0.15) is 5.56 Å². The molecule has 98 valence electrons. The third kappa shape index (κ3) is 2.98. The highest BCUT2D eigenvalue weighted by Crippen LogP contribution is 2.23. The minimum absolute atomic E-state index is 0.0114. The summed E-state index contributed by atoms with van der Waals surface area (Å²) in [6.07, 6.45) is 1.59. The molecule has 0 unspecified atom stereocenters. The molecule has 2 heterocycles. The number of hydrogen-bond acceptors (Lipinski definition) is 5. The van der Waals surface area contributed by atoms with Gasteiger partial charge in [-0.1, -0.05) is 6.58 Å². The average Bonchev–Trinajstić information content (AvgIpc) is 2.43. The van der Waals surface area contributed by atoms with Crippen molar-refractivity contribution in [2.24, 2.45) is 0 Å². The molecule has 0 aromatic carbocycles. The van der Waals surface area contributed by atoms with Crippen molar-refractivity contribution in [1.82, 2.24) is 9.97 Å². The van der Waals surface area contributed by atoms with Crippen molar-refractivity contribution in [3.63, 3.8) is 0 Å². The van der Waals surface area contributed by atoms with Crippen molar-refractivity contribution >= 4 is 17.3 Å². The van der Waals surface area contributed by atoms with E-state index in [1.165, 1.54) is 6.07 Å². The molecule has 5 nitrogen and oxygen atoms in total. The Kier molecular flexibility index (Phi) is 3.61. The molecule has 0 saturated heterocycles. The van der Waals surface area contributed by atoms with Crippen molar-refractivity contribution in [2.75, 3.05) is 18.1 Å². The number of nitrogens with one attached hydrogen (secondary N) is 1. The number of rotatable bonds is 4. The number of halogens is 1. The first-order valence-electron chi connectivity index (χ1n) is 5.53. The molecule has 0 aliphatic rings. The fourth-order valence-electron chi connectivity index (χ4n) is 1.39. The van der Waals surface area contributed by atoms with Gasteiger partial charge in [0, 0.05) is 18.8 Å². The van der Waals surface area contributed by atoms with E-state index in [1.54, 1.807) is 25.4 Å². The first-order chi connectivity index (χ1) is 9.10. The summed E-state index contributed by atoms with van der Waals surface area (Å²) in [5.41, 5.74) is 6.54. The van der Waals surface area contributed by atoms with Crippen LogP contribution >= 0.6 is 0 Å². The van der Waals surface area contributed by atoms with Gasteiger partial charge in [0.2, 0.25) is 11.8 Å². The van der Waals surface area contributed by atoms with Gasteiger partial charge in [0.05, 0.1) is 5.69 Å². The van der Waals surface area contributed by atoms with E-state index >= 15 is 0 Å². The van der Waals surface area contributed by atoms with Gasteiger partial charge in [-0.15, -0.1) is 0 Å². The molecule has 0 atom stereocenters. The number of nitrogens with two attached hydrogens (primary N) is 1. The Morgan fingerprint density at radius 3 is 2.79 bits per heavy atom. The lowest BCUT2D eigenvalue weighted by Gasteiger charge is -2.10. The van der Waals surface area contributed by atoms with Gasteiger partial charge >= 0.3 is 0 Å². The van der Waals surface area contributed by atoms with Gasteiger partial charge in [0.15, 0.2) is 0 Å². The fourth-order valence-corrected chi connectivity index (χ4v) is 1.39. The number of pyridine rings is 2. The molecule has 0 fully saturated rings. The van der Waals surface area contributed by atoms with E-state index in [4.69, 9.17) is 10.5 Å². The lowest BCUT2D eigenvalue weighted by Crippen LogP contribution is -2.01. The molecule has 3 N–H and O–H groups in total. The highest BCUT2D eigenvalue weighted by molar-refractivity contribution is 5.62. The van der Waals surface area contributed by atoms with E-state index < -0.39 is 5.95 Å².